The molecule has 58 valence electrons. The third kappa shape index (κ3) is 1.55. The van der Waals surface area contributed by atoms with E-state index < -0.39 is 0 Å². The van der Waals surface area contributed by atoms with E-state index in [4.69, 9.17) is 5.26 Å². The minimum absolute atomic E-state index is 0.321. The minimum atomic E-state index is 0.321. The molecule has 0 heterocycles. The summed E-state index contributed by atoms with van der Waals surface area (Å²) >= 11 is 0. The molecule has 0 saturated carbocycles. The van der Waals surface area contributed by atoms with Gasteiger partial charge in [0.2, 0.25) is 0 Å². The number of aldehydes is 2. The number of carbonyl (C=O) groups is 2. The van der Waals surface area contributed by atoms with Crippen molar-refractivity contribution in [1.82, 2.24) is 0 Å². The summed E-state index contributed by atoms with van der Waals surface area (Å²) in [5, 5.41) is 8.50. The predicted molar refractivity (Wildman–Crippen MR) is 41.9 cm³/mol. The van der Waals surface area contributed by atoms with E-state index in [1.54, 1.807) is 0 Å². The maximum Gasteiger partial charge on any atom is 0.150 e. The van der Waals surface area contributed by atoms with E-state index >= 15 is 0 Å². The monoisotopic (exact) mass is 159 g/mol. The zero-order valence-corrected chi connectivity index (χ0v) is 6.15. The topological polar surface area (TPSA) is 57.9 Å². The molecular weight excluding hydrogens is 154 g/mol. The van der Waals surface area contributed by atoms with E-state index in [9.17, 15) is 9.59 Å². The molecule has 0 aromatic heterocycles. The van der Waals surface area contributed by atoms with Crippen molar-refractivity contribution < 1.29 is 9.59 Å². The highest BCUT2D eigenvalue weighted by atomic mass is 16.1. The highest BCUT2D eigenvalue weighted by Crippen LogP contribution is 2.05. The lowest BCUT2D eigenvalue weighted by atomic mass is 10.1. The Labute approximate surface area is 69.2 Å². The van der Waals surface area contributed by atoms with Crippen LogP contribution in [0.2, 0.25) is 0 Å². The summed E-state index contributed by atoms with van der Waals surface area (Å²) in [7, 11) is 0. The number of benzene rings is 1. The summed E-state index contributed by atoms with van der Waals surface area (Å²) in [6, 6.07) is 6.15. The van der Waals surface area contributed by atoms with Crippen LogP contribution in [0.5, 0.6) is 0 Å². The summed E-state index contributed by atoms with van der Waals surface area (Å²) < 4.78 is 0. The van der Waals surface area contributed by atoms with Crippen LogP contribution in [0.1, 0.15) is 26.3 Å². The van der Waals surface area contributed by atoms with Crippen molar-refractivity contribution in [3.63, 3.8) is 0 Å². The van der Waals surface area contributed by atoms with Crippen LogP contribution in [-0.4, -0.2) is 12.6 Å². The molecule has 0 fully saturated rings. The molecule has 0 radical (unpaired) electrons. The van der Waals surface area contributed by atoms with Crippen LogP contribution in [0.25, 0.3) is 0 Å². The first-order chi connectivity index (χ1) is 5.80. The molecule has 3 nitrogen and oxygen atoms in total. The molecular formula is C9H5NO2. The maximum atomic E-state index is 10.3. The zero-order valence-electron chi connectivity index (χ0n) is 6.15. The van der Waals surface area contributed by atoms with Crippen LogP contribution >= 0.6 is 0 Å². The first-order valence-electron chi connectivity index (χ1n) is 3.25. The van der Waals surface area contributed by atoms with Gasteiger partial charge in [-0.05, 0) is 18.2 Å². The molecule has 0 spiro atoms. The van der Waals surface area contributed by atoms with Crippen LogP contribution in [0, 0.1) is 11.3 Å². The lowest BCUT2D eigenvalue weighted by molar-refractivity contribution is 0.112. The van der Waals surface area contributed by atoms with E-state index in [1.165, 1.54) is 18.2 Å². The molecule has 0 aliphatic rings. The Morgan fingerprint density at radius 3 is 1.92 bits per heavy atom. The fourth-order valence-electron chi connectivity index (χ4n) is 0.877. The SMILES string of the molecule is N#Cc1cc(C=O)cc(C=O)c1. The second-order valence-corrected chi connectivity index (χ2v) is 2.24. The molecule has 0 amide bonds. The Balaban J connectivity index is 3.30. The van der Waals surface area contributed by atoms with Gasteiger partial charge >= 0.3 is 0 Å². The molecule has 3 heteroatoms. The summed E-state index contributed by atoms with van der Waals surface area (Å²) in [5.74, 6) is 0. The number of nitriles is 1. The molecule has 0 aliphatic heterocycles. The average Bonchev–Trinajstić information content (AvgIpc) is 2.16. The molecule has 0 saturated heterocycles. The van der Waals surface area contributed by atoms with E-state index in [0.29, 0.717) is 29.3 Å². The number of hydrogen-bond donors (Lipinski definition) is 0. The molecule has 0 unspecified atom stereocenters. The summed E-state index contributed by atoms with van der Waals surface area (Å²) in [5.41, 5.74) is 1.01. The normalized spacial score (nSPS) is 8.58. The van der Waals surface area contributed by atoms with Crippen molar-refractivity contribution in [2.24, 2.45) is 0 Å². The zero-order chi connectivity index (χ0) is 8.97. The molecule has 1 rings (SSSR count). The number of nitrogens with zero attached hydrogens (tertiary/aromatic N) is 1. The van der Waals surface area contributed by atoms with Gasteiger partial charge < -0.3 is 0 Å². The molecule has 0 N–H and O–H groups in total. The predicted octanol–water partition coefficient (Wildman–Crippen LogP) is 1.18. The van der Waals surface area contributed by atoms with Crippen molar-refractivity contribution in [1.29, 1.82) is 5.26 Å². The van der Waals surface area contributed by atoms with Crippen molar-refractivity contribution in [3.05, 3.63) is 34.9 Å². The molecule has 1 aromatic carbocycles. The van der Waals surface area contributed by atoms with Crippen LogP contribution in [0.15, 0.2) is 18.2 Å². The van der Waals surface area contributed by atoms with Crippen molar-refractivity contribution >= 4 is 12.6 Å². The highest BCUT2D eigenvalue weighted by Gasteiger charge is 1.98. The largest absolute Gasteiger partial charge is 0.298 e. The first-order valence-corrected chi connectivity index (χ1v) is 3.25. The van der Waals surface area contributed by atoms with Crippen molar-refractivity contribution in [2.75, 3.05) is 0 Å². The Morgan fingerprint density at radius 1 is 1.08 bits per heavy atom. The number of rotatable bonds is 2. The Bertz CT molecular complexity index is 337. The highest BCUT2D eigenvalue weighted by molar-refractivity contribution is 5.82. The summed E-state index contributed by atoms with van der Waals surface area (Å²) in [6.07, 6.45) is 1.21. The van der Waals surface area contributed by atoms with E-state index in [2.05, 4.69) is 0 Å². The molecule has 0 aliphatic carbocycles. The van der Waals surface area contributed by atoms with Gasteiger partial charge in [0.1, 0.15) is 12.6 Å². The fraction of sp³-hybridized carbons (Fsp3) is 0. The van der Waals surface area contributed by atoms with Gasteiger partial charge in [0, 0.05) is 11.1 Å². The van der Waals surface area contributed by atoms with E-state index in [0.717, 1.165) is 0 Å². The molecule has 0 atom stereocenters. The lowest BCUT2D eigenvalue weighted by Crippen LogP contribution is -1.87. The van der Waals surface area contributed by atoms with Crippen LogP contribution in [-0.2, 0) is 0 Å². The van der Waals surface area contributed by atoms with Gasteiger partial charge in [-0.25, -0.2) is 0 Å². The van der Waals surface area contributed by atoms with Crippen LogP contribution < -0.4 is 0 Å². The van der Waals surface area contributed by atoms with Gasteiger partial charge in [0.25, 0.3) is 0 Å². The van der Waals surface area contributed by atoms with Crippen LogP contribution in [0.3, 0.4) is 0 Å². The molecule has 12 heavy (non-hydrogen) atoms. The molecule has 0 bridgehead atoms. The summed E-state index contributed by atoms with van der Waals surface area (Å²) in [4.78, 5) is 20.6. The number of hydrogen-bond acceptors (Lipinski definition) is 3. The average molecular weight is 159 g/mol. The van der Waals surface area contributed by atoms with Gasteiger partial charge in [-0.15, -0.1) is 0 Å². The standard InChI is InChI=1S/C9H5NO2/c10-4-7-1-8(5-11)3-9(2-7)6-12/h1-3,5-6H. The van der Waals surface area contributed by atoms with Crippen molar-refractivity contribution in [2.45, 2.75) is 0 Å². The van der Waals surface area contributed by atoms with E-state index in [-0.39, 0.29) is 0 Å². The first kappa shape index (κ1) is 8.15. The third-order valence-corrected chi connectivity index (χ3v) is 1.38. The second-order valence-electron chi connectivity index (χ2n) is 2.24. The third-order valence-electron chi connectivity index (χ3n) is 1.38. The fourth-order valence-corrected chi connectivity index (χ4v) is 0.877. The summed E-state index contributed by atoms with van der Waals surface area (Å²) in [6.45, 7) is 0. The lowest BCUT2D eigenvalue weighted by Gasteiger charge is -1.93. The quantitative estimate of drug-likeness (QED) is 0.609. The Morgan fingerprint density at radius 2 is 1.58 bits per heavy atom. The van der Waals surface area contributed by atoms with Gasteiger partial charge in [-0.3, -0.25) is 9.59 Å². The smallest absolute Gasteiger partial charge is 0.150 e. The second kappa shape index (κ2) is 3.44. The van der Waals surface area contributed by atoms with Crippen molar-refractivity contribution in [3.8, 4) is 6.07 Å². The molecule has 1 aromatic rings. The maximum absolute atomic E-state index is 10.3. The van der Waals surface area contributed by atoms with Gasteiger partial charge in [-0.2, -0.15) is 5.26 Å². The Kier molecular flexibility index (Phi) is 2.34. The van der Waals surface area contributed by atoms with Crippen LogP contribution in [0.4, 0.5) is 0 Å². The van der Waals surface area contributed by atoms with E-state index in [1.807, 2.05) is 6.07 Å². The Hall–Kier alpha value is -1.95. The number of carbonyl (C=O) groups excluding carboxylic acids is 2. The van der Waals surface area contributed by atoms with Gasteiger partial charge in [-0.1, -0.05) is 0 Å². The van der Waals surface area contributed by atoms with Gasteiger partial charge in [0.15, 0.2) is 0 Å². The minimum Gasteiger partial charge on any atom is -0.298 e. The van der Waals surface area contributed by atoms with Gasteiger partial charge in [0.05, 0.1) is 11.6 Å².